The Labute approximate surface area is 170 Å². The first kappa shape index (κ1) is 22.6. The molecule has 2 N–H and O–H groups in total. The van der Waals surface area contributed by atoms with Crippen molar-refractivity contribution in [3.63, 3.8) is 0 Å². The Bertz CT molecular complexity index is 1030. The van der Waals surface area contributed by atoms with Crippen molar-refractivity contribution < 1.29 is 22.7 Å². The smallest absolute Gasteiger partial charge is 0.341 e. The van der Waals surface area contributed by atoms with Crippen molar-refractivity contribution in [1.82, 2.24) is 14.3 Å². The summed E-state index contributed by atoms with van der Waals surface area (Å²) >= 11 is 0. The molecule has 0 aliphatic rings. The van der Waals surface area contributed by atoms with Gasteiger partial charge in [-0.15, -0.1) is 0 Å². The molecule has 0 radical (unpaired) electrons. The molecule has 158 valence electrons. The van der Waals surface area contributed by atoms with Crippen LogP contribution < -0.4 is 10.0 Å². The first-order valence-corrected chi connectivity index (χ1v) is 10.7. The van der Waals surface area contributed by atoms with Crippen LogP contribution in [-0.2, 0) is 26.1 Å². The van der Waals surface area contributed by atoms with Crippen LogP contribution in [0.1, 0.15) is 41.2 Å². The van der Waals surface area contributed by atoms with Gasteiger partial charge in [0.2, 0.25) is 15.9 Å². The molecule has 0 fully saturated rings. The van der Waals surface area contributed by atoms with E-state index in [4.69, 9.17) is 4.74 Å². The highest BCUT2D eigenvalue weighted by Gasteiger charge is 2.32. The number of hydrogen-bond donors (Lipinski definition) is 2. The third-order valence-corrected chi connectivity index (χ3v) is 5.96. The van der Waals surface area contributed by atoms with Crippen molar-refractivity contribution in [2.45, 2.75) is 46.1 Å². The third-order valence-electron chi connectivity index (χ3n) is 4.40. The first-order valence-electron chi connectivity index (χ1n) is 9.21. The number of aromatic nitrogens is 2. The maximum absolute atomic E-state index is 12.9. The molecule has 2 rings (SSSR count). The maximum atomic E-state index is 12.9. The molecule has 10 heteroatoms. The van der Waals surface area contributed by atoms with Crippen LogP contribution in [0.4, 0.5) is 5.82 Å². The Morgan fingerprint density at radius 1 is 1.17 bits per heavy atom. The van der Waals surface area contributed by atoms with Crippen LogP contribution in [0.2, 0.25) is 0 Å². The molecule has 9 nitrogen and oxygen atoms in total. The molecular weight excluding hydrogens is 396 g/mol. The van der Waals surface area contributed by atoms with Gasteiger partial charge in [-0.1, -0.05) is 0 Å². The van der Waals surface area contributed by atoms with Crippen molar-refractivity contribution in [2.75, 3.05) is 18.5 Å². The van der Waals surface area contributed by atoms with E-state index in [-0.39, 0.29) is 17.1 Å². The van der Waals surface area contributed by atoms with E-state index in [0.717, 1.165) is 5.56 Å². The number of rotatable bonds is 8. The van der Waals surface area contributed by atoms with E-state index < -0.39 is 28.4 Å². The highest BCUT2D eigenvalue weighted by Crippen LogP contribution is 2.27. The van der Waals surface area contributed by atoms with Crippen LogP contribution in [0.25, 0.3) is 0 Å². The summed E-state index contributed by atoms with van der Waals surface area (Å²) in [5.74, 6) is -0.965. The van der Waals surface area contributed by atoms with Gasteiger partial charge >= 0.3 is 5.97 Å². The second-order valence-corrected chi connectivity index (χ2v) is 8.13. The molecule has 0 saturated carbocycles. The molecule has 0 atom stereocenters. The lowest BCUT2D eigenvalue weighted by Crippen LogP contribution is -2.34. The highest BCUT2D eigenvalue weighted by atomic mass is 32.2. The van der Waals surface area contributed by atoms with Crippen LogP contribution in [0.3, 0.4) is 0 Å². The minimum Gasteiger partial charge on any atom is -0.462 e. The average molecular weight is 423 g/mol. The molecule has 2 aromatic heterocycles. The zero-order valence-corrected chi connectivity index (χ0v) is 18.0. The van der Waals surface area contributed by atoms with E-state index in [1.807, 2.05) is 13.8 Å². The fraction of sp³-hybridized carbons (Fsp3) is 0.421. The number of ether oxygens (including phenoxy) is 1. The second kappa shape index (κ2) is 9.19. The zero-order chi connectivity index (χ0) is 21.8. The van der Waals surface area contributed by atoms with E-state index in [0.29, 0.717) is 23.8 Å². The number of anilines is 1. The summed E-state index contributed by atoms with van der Waals surface area (Å²) in [5, 5.41) is 2.53. The zero-order valence-electron chi connectivity index (χ0n) is 17.2. The Morgan fingerprint density at radius 3 is 2.45 bits per heavy atom. The van der Waals surface area contributed by atoms with Gasteiger partial charge in [-0.3, -0.25) is 4.79 Å². The molecule has 0 bridgehead atoms. The predicted octanol–water partition coefficient (Wildman–Crippen LogP) is 1.92. The lowest BCUT2D eigenvalue weighted by Gasteiger charge is -2.10. The van der Waals surface area contributed by atoms with Crippen molar-refractivity contribution in [3.8, 4) is 0 Å². The Morgan fingerprint density at radius 2 is 1.86 bits per heavy atom. The van der Waals surface area contributed by atoms with Gasteiger partial charge in [0.25, 0.3) is 0 Å². The number of amides is 1. The molecule has 0 aliphatic carbocycles. The number of hydrogen-bond acceptors (Lipinski definition) is 6. The summed E-state index contributed by atoms with van der Waals surface area (Å²) in [5.41, 5.74) is 1.79. The molecular formula is C19H26N4O5S. The van der Waals surface area contributed by atoms with E-state index in [2.05, 4.69) is 15.0 Å². The molecule has 0 aromatic carbocycles. The van der Waals surface area contributed by atoms with Gasteiger partial charge in [-0.05, 0) is 52.3 Å². The molecule has 2 aromatic rings. The molecule has 2 heterocycles. The number of nitrogens with one attached hydrogen (secondary N) is 2. The summed E-state index contributed by atoms with van der Waals surface area (Å²) in [6.07, 6.45) is 1.54. The minimum absolute atomic E-state index is 0.0144. The maximum Gasteiger partial charge on any atom is 0.341 e. The van der Waals surface area contributed by atoms with Crippen LogP contribution in [0.5, 0.6) is 0 Å². The highest BCUT2D eigenvalue weighted by molar-refractivity contribution is 7.89. The standard InChI is InChI=1S/C19H26N4O5S/c1-6-23-13(4)17(19(25)28-7-2)18(14(23)5)29(26,27)21-11-16(24)22-15-10-12(3)8-9-20-15/h8-10,21H,6-7,11H2,1-5H3,(H,20,22,24). The minimum atomic E-state index is -4.15. The molecule has 1 amide bonds. The fourth-order valence-corrected chi connectivity index (χ4v) is 4.59. The molecule has 0 saturated heterocycles. The molecule has 0 spiro atoms. The number of carbonyl (C=O) groups is 2. The Kier molecular flexibility index (Phi) is 7.15. The van der Waals surface area contributed by atoms with E-state index in [9.17, 15) is 18.0 Å². The third kappa shape index (κ3) is 5.01. The summed E-state index contributed by atoms with van der Waals surface area (Å²) < 4.78 is 34.9. The topological polar surface area (TPSA) is 119 Å². The largest absolute Gasteiger partial charge is 0.462 e. The van der Waals surface area contributed by atoms with Crippen LogP contribution in [-0.4, -0.2) is 43.0 Å². The van der Waals surface area contributed by atoms with Crippen LogP contribution in [0.15, 0.2) is 23.2 Å². The summed E-state index contributed by atoms with van der Waals surface area (Å²) in [4.78, 5) is 28.4. The van der Waals surface area contributed by atoms with Crippen molar-refractivity contribution in [1.29, 1.82) is 0 Å². The lowest BCUT2D eigenvalue weighted by atomic mass is 10.2. The molecule has 0 aliphatic heterocycles. The molecule has 29 heavy (non-hydrogen) atoms. The quantitative estimate of drug-likeness (QED) is 0.627. The normalized spacial score (nSPS) is 11.3. The number of esters is 1. The SMILES string of the molecule is CCOC(=O)c1c(S(=O)(=O)NCC(=O)Nc2cc(C)ccn2)c(C)n(CC)c1C. The number of nitrogens with zero attached hydrogens (tertiary/aromatic N) is 2. The summed E-state index contributed by atoms with van der Waals surface area (Å²) in [7, 11) is -4.15. The van der Waals surface area contributed by atoms with Gasteiger partial charge in [0.05, 0.1) is 13.2 Å². The second-order valence-electron chi connectivity index (χ2n) is 6.43. The van der Waals surface area contributed by atoms with Gasteiger partial charge in [0, 0.05) is 24.1 Å². The Balaban J connectivity index is 2.28. The van der Waals surface area contributed by atoms with Crippen LogP contribution in [0, 0.1) is 20.8 Å². The number of aryl methyl sites for hydroxylation is 1. The van der Waals surface area contributed by atoms with Crippen molar-refractivity contribution in [3.05, 3.63) is 40.8 Å². The van der Waals surface area contributed by atoms with E-state index >= 15 is 0 Å². The number of carbonyl (C=O) groups excluding carboxylic acids is 2. The summed E-state index contributed by atoms with van der Waals surface area (Å²) in [6.45, 7) is 8.72. The monoisotopic (exact) mass is 422 g/mol. The summed E-state index contributed by atoms with van der Waals surface area (Å²) in [6, 6.07) is 3.44. The first-order chi connectivity index (χ1) is 13.6. The van der Waals surface area contributed by atoms with Gasteiger partial charge in [0.15, 0.2) is 0 Å². The Hall–Kier alpha value is -2.72. The number of pyridine rings is 1. The van der Waals surface area contributed by atoms with Crippen molar-refractivity contribution in [2.24, 2.45) is 0 Å². The van der Waals surface area contributed by atoms with Gasteiger partial charge in [0.1, 0.15) is 16.3 Å². The van der Waals surface area contributed by atoms with E-state index in [1.54, 1.807) is 43.7 Å². The van der Waals surface area contributed by atoms with Gasteiger partial charge in [-0.2, -0.15) is 0 Å². The van der Waals surface area contributed by atoms with E-state index in [1.165, 1.54) is 0 Å². The van der Waals surface area contributed by atoms with Crippen molar-refractivity contribution >= 4 is 27.7 Å². The average Bonchev–Trinajstić information content (AvgIpc) is 2.91. The molecule has 0 unspecified atom stereocenters. The predicted molar refractivity (Wildman–Crippen MR) is 108 cm³/mol. The fourth-order valence-electron chi connectivity index (χ4n) is 3.13. The lowest BCUT2D eigenvalue weighted by molar-refractivity contribution is -0.115. The van der Waals surface area contributed by atoms with Gasteiger partial charge in [-0.25, -0.2) is 22.9 Å². The van der Waals surface area contributed by atoms with Crippen LogP contribution >= 0.6 is 0 Å². The van der Waals surface area contributed by atoms with Gasteiger partial charge < -0.3 is 14.6 Å². The number of sulfonamides is 1.